The van der Waals surface area contributed by atoms with Crippen molar-refractivity contribution in [3.05, 3.63) is 29.8 Å². The van der Waals surface area contributed by atoms with Crippen LogP contribution in [0, 0.1) is 0 Å². The van der Waals surface area contributed by atoms with Gasteiger partial charge in [0.15, 0.2) is 0 Å². The first-order valence-electron chi connectivity index (χ1n) is 6.64. The molecule has 1 fully saturated rings. The fourth-order valence-electron chi connectivity index (χ4n) is 2.08. The number of alkyl carbamates (subject to hydrolysis) is 1. The van der Waals surface area contributed by atoms with Crippen LogP contribution in [0.5, 0.6) is 0 Å². The van der Waals surface area contributed by atoms with Crippen molar-refractivity contribution in [2.75, 3.05) is 5.73 Å². The highest BCUT2D eigenvalue weighted by molar-refractivity contribution is 5.69. The quantitative estimate of drug-likeness (QED) is 0.823. The zero-order chi connectivity index (χ0) is 14.1. The third-order valence-corrected chi connectivity index (χ3v) is 3.20. The summed E-state index contributed by atoms with van der Waals surface area (Å²) in [4.78, 5) is 11.8. The molecular formula is C15H22N2O2. The molecule has 0 unspecified atom stereocenters. The van der Waals surface area contributed by atoms with Gasteiger partial charge in [-0.2, -0.15) is 0 Å². The number of carbonyl (C=O) groups excluding carboxylic acids is 1. The number of hydrogen-bond donors (Lipinski definition) is 2. The number of benzene rings is 1. The summed E-state index contributed by atoms with van der Waals surface area (Å²) < 4.78 is 5.30. The second-order valence-electron chi connectivity index (χ2n) is 6.28. The first kappa shape index (κ1) is 13.7. The van der Waals surface area contributed by atoms with Gasteiger partial charge < -0.3 is 15.8 Å². The third-order valence-electron chi connectivity index (χ3n) is 3.20. The zero-order valence-corrected chi connectivity index (χ0v) is 11.8. The lowest BCUT2D eigenvalue weighted by Gasteiger charge is -2.23. The lowest BCUT2D eigenvalue weighted by molar-refractivity contribution is 0.0496. The van der Waals surface area contributed by atoms with Crippen molar-refractivity contribution in [1.82, 2.24) is 5.32 Å². The summed E-state index contributed by atoms with van der Waals surface area (Å²) in [5.74, 6) is 0. The third kappa shape index (κ3) is 3.88. The van der Waals surface area contributed by atoms with Gasteiger partial charge in [-0.15, -0.1) is 0 Å². The number of rotatable bonds is 3. The predicted molar refractivity (Wildman–Crippen MR) is 75.9 cm³/mol. The second-order valence-corrected chi connectivity index (χ2v) is 6.28. The van der Waals surface area contributed by atoms with Gasteiger partial charge in [0.1, 0.15) is 5.60 Å². The Balaban J connectivity index is 1.97. The molecule has 0 spiro atoms. The van der Waals surface area contributed by atoms with Gasteiger partial charge in [-0.25, -0.2) is 4.79 Å². The minimum atomic E-state index is -0.466. The molecule has 0 aliphatic heterocycles. The van der Waals surface area contributed by atoms with Gasteiger partial charge in [0.05, 0.1) is 0 Å². The van der Waals surface area contributed by atoms with Crippen LogP contribution in [0.2, 0.25) is 0 Å². The molecular weight excluding hydrogens is 240 g/mol. The van der Waals surface area contributed by atoms with Crippen molar-refractivity contribution in [3.8, 4) is 0 Å². The van der Waals surface area contributed by atoms with Crippen LogP contribution in [0.25, 0.3) is 0 Å². The number of anilines is 1. The number of para-hydroxylation sites is 1. The number of nitrogens with one attached hydrogen (secondary N) is 1. The Morgan fingerprint density at radius 1 is 1.37 bits per heavy atom. The Kier molecular flexibility index (Phi) is 3.43. The largest absolute Gasteiger partial charge is 0.444 e. The predicted octanol–water partition coefficient (Wildman–Crippen LogP) is 2.87. The van der Waals surface area contributed by atoms with Crippen molar-refractivity contribution in [2.24, 2.45) is 0 Å². The molecule has 1 aliphatic carbocycles. The molecule has 1 aromatic rings. The van der Waals surface area contributed by atoms with Crippen molar-refractivity contribution >= 4 is 11.8 Å². The van der Waals surface area contributed by atoms with E-state index in [-0.39, 0.29) is 11.6 Å². The number of nitrogen functional groups attached to an aromatic ring is 1. The minimum absolute atomic E-state index is 0.169. The fourth-order valence-corrected chi connectivity index (χ4v) is 2.08. The highest BCUT2D eigenvalue weighted by Crippen LogP contribution is 2.39. The maximum atomic E-state index is 11.8. The topological polar surface area (TPSA) is 64.3 Å². The van der Waals surface area contributed by atoms with Gasteiger partial charge in [-0.1, -0.05) is 18.2 Å². The molecule has 4 nitrogen and oxygen atoms in total. The first-order valence-corrected chi connectivity index (χ1v) is 6.64. The lowest BCUT2D eigenvalue weighted by Crippen LogP contribution is -2.42. The summed E-state index contributed by atoms with van der Waals surface area (Å²) in [6.45, 7) is 5.59. The Morgan fingerprint density at radius 3 is 2.53 bits per heavy atom. The summed E-state index contributed by atoms with van der Waals surface area (Å²) in [6, 6.07) is 7.78. The summed E-state index contributed by atoms with van der Waals surface area (Å²) in [5.41, 5.74) is 7.17. The SMILES string of the molecule is CC(C)(C)OC(=O)NC1(Cc2ccccc2N)CC1. The number of carbonyl (C=O) groups is 1. The van der Waals surface area contributed by atoms with Gasteiger partial charge in [0.2, 0.25) is 0 Å². The van der Waals surface area contributed by atoms with Crippen LogP contribution >= 0.6 is 0 Å². The van der Waals surface area contributed by atoms with Crippen LogP contribution in [0.1, 0.15) is 39.2 Å². The van der Waals surface area contributed by atoms with Crippen LogP contribution in [-0.2, 0) is 11.2 Å². The summed E-state index contributed by atoms with van der Waals surface area (Å²) in [7, 11) is 0. The molecule has 1 amide bonds. The molecule has 0 bridgehead atoms. The highest BCUT2D eigenvalue weighted by Gasteiger charge is 2.45. The van der Waals surface area contributed by atoms with Crippen LogP contribution in [0.15, 0.2) is 24.3 Å². The Labute approximate surface area is 114 Å². The van der Waals surface area contributed by atoms with Gasteiger partial charge in [-0.05, 0) is 51.7 Å². The molecule has 104 valence electrons. The molecule has 19 heavy (non-hydrogen) atoms. The van der Waals surface area contributed by atoms with Gasteiger partial charge >= 0.3 is 6.09 Å². The maximum absolute atomic E-state index is 11.8. The molecule has 0 atom stereocenters. The van der Waals surface area contributed by atoms with E-state index >= 15 is 0 Å². The molecule has 3 N–H and O–H groups in total. The number of nitrogens with two attached hydrogens (primary N) is 1. The van der Waals surface area contributed by atoms with Crippen molar-refractivity contribution < 1.29 is 9.53 Å². The Morgan fingerprint density at radius 2 is 2.00 bits per heavy atom. The van der Waals surface area contributed by atoms with Crippen molar-refractivity contribution in [3.63, 3.8) is 0 Å². The standard InChI is InChI=1S/C15H22N2O2/c1-14(2,3)19-13(18)17-15(8-9-15)10-11-6-4-5-7-12(11)16/h4-7H,8-10,16H2,1-3H3,(H,17,18). The van der Waals surface area contributed by atoms with E-state index in [4.69, 9.17) is 10.5 Å². The molecule has 1 aliphatic rings. The van der Waals surface area contributed by atoms with Gasteiger partial charge in [0.25, 0.3) is 0 Å². The molecule has 1 saturated carbocycles. The molecule has 0 aromatic heterocycles. The maximum Gasteiger partial charge on any atom is 0.408 e. The summed E-state index contributed by atoms with van der Waals surface area (Å²) in [5, 5.41) is 2.98. The van der Waals surface area contributed by atoms with E-state index < -0.39 is 5.60 Å². The van der Waals surface area contributed by atoms with Crippen LogP contribution < -0.4 is 11.1 Å². The average molecular weight is 262 g/mol. The Hall–Kier alpha value is -1.71. The van der Waals surface area contributed by atoms with Crippen molar-refractivity contribution in [2.45, 2.75) is 51.2 Å². The van der Waals surface area contributed by atoms with Crippen LogP contribution in [-0.4, -0.2) is 17.2 Å². The highest BCUT2D eigenvalue weighted by atomic mass is 16.6. The molecule has 4 heteroatoms. The van der Waals surface area contributed by atoms with E-state index in [1.807, 2.05) is 45.0 Å². The first-order chi connectivity index (χ1) is 8.80. The van der Waals surface area contributed by atoms with E-state index in [1.54, 1.807) is 0 Å². The molecule has 0 heterocycles. The van der Waals surface area contributed by atoms with Gasteiger partial charge in [0, 0.05) is 11.2 Å². The van der Waals surface area contributed by atoms with Gasteiger partial charge in [-0.3, -0.25) is 0 Å². The van der Waals surface area contributed by atoms with E-state index in [2.05, 4.69) is 5.32 Å². The molecule has 2 rings (SSSR count). The van der Waals surface area contributed by atoms with E-state index in [0.717, 1.165) is 30.5 Å². The van der Waals surface area contributed by atoms with E-state index in [1.165, 1.54) is 0 Å². The Bertz CT molecular complexity index is 473. The summed E-state index contributed by atoms with van der Waals surface area (Å²) >= 11 is 0. The lowest BCUT2D eigenvalue weighted by atomic mass is 10.0. The molecule has 1 aromatic carbocycles. The smallest absolute Gasteiger partial charge is 0.408 e. The molecule has 0 saturated heterocycles. The number of ether oxygens (including phenoxy) is 1. The van der Waals surface area contributed by atoms with E-state index in [9.17, 15) is 4.79 Å². The number of hydrogen-bond acceptors (Lipinski definition) is 3. The van der Waals surface area contributed by atoms with E-state index in [0.29, 0.717) is 0 Å². The zero-order valence-electron chi connectivity index (χ0n) is 11.8. The van der Waals surface area contributed by atoms with Crippen molar-refractivity contribution in [1.29, 1.82) is 0 Å². The summed E-state index contributed by atoms with van der Waals surface area (Å²) in [6.07, 6.45) is 2.36. The second kappa shape index (κ2) is 4.76. The molecule has 0 radical (unpaired) electrons. The average Bonchev–Trinajstić information content (AvgIpc) is 2.98. The van der Waals surface area contributed by atoms with Crippen LogP contribution in [0.4, 0.5) is 10.5 Å². The normalized spacial score (nSPS) is 16.8. The number of amides is 1. The fraction of sp³-hybridized carbons (Fsp3) is 0.533. The monoisotopic (exact) mass is 262 g/mol. The van der Waals surface area contributed by atoms with Crippen LogP contribution in [0.3, 0.4) is 0 Å². The minimum Gasteiger partial charge on any atom is -0.444 e.